The van der Waals surface area contributed by atoms with Gasteiger partial charge in [0.1, 0.15) is 5.92 Å². The highest BCUT2D eigenvalue weighted by Gasteiger charge is 2.60. The van der Waals surface area contributed by atoms with Gasteiger partial charge in [-0.1, -0.05) is 49.4 Å². The van der Waals surface area contributed by atoms with Crippen molar-refractivity contribution in [3.8, 4) is 11.5 Å². The fraction of sp³-hybridized carbons (Fsp3) is 0.286. The van der Waals surface area contributed by atoms with Crippen LogP contribution in [0.2, 0.25) is 0 Å². The Morgan fingerprint density at radius 1 is 0.800 bits per heavy atom. The Bertz CT molecular complexity index is 1200. The summed E-state index contributed by atoms with van der Waals surface area (Å²) in [6.07, 6.45) is -0.0409. The van der Waals surface area contributed by atoms with E-state index in [2.05, 4.69) is 0 Å². The minimum absolute atomic E-state index is 0.279. The predicted octanol–water partition coefficient (Wildman–Crippen LogP) is 4.93. The van der Waals surface area contributed by atoms with Gasteiger partial charge in [0, 0.05) is 0 Å². The highest BCUT2D eigenvalue weighted by Crippen LogP contribution is 2.48. The summed E-state index contributed by atoms with van der Waals surface area (Å²) in [6.45, 7) is 5.01. The van der Waals surface area contributed by atoms with Crippen molar-refractivity contribution in [1.82, 2.24) is 0 Å². The number of imide groups is 1. The second kappa shape index (κ2) is 9.80. The van der Waals surface area contributed by atoms with Gasteiger partial charge in [-0.05, 0) is 55.3 Å². The summed E-state index contributed by atoms with van der Waals surface area (Å²) in [5, 5.41) is 1.69. The van der Waals surface area contributed by atoms with Crippen LogP contribution in [0.15, 0.2) is 78.9 Å². The number of nitrogens with zero attached hydrogens (tertiary/aromatic N) is 2. The van der Waals surface area contributed by atoms with Crippen LogP contribution < -0.4 is 19.4 Å². The third-order valence-corrected chi connectivity index (χ3v) is 6.21. The van der Waals surface area contributed by atoms with E-state index in [0.29, 0.717) is 30.4 Å². The lowest BCUT2D eigenvalue weighted by Crippen LogP contribution is -2.37. The smallest absolute Gasteiger partial charge is 0.266 e. The molecule has 3 atom stereocenters. The second-order valence-electron chi connectivity index (χ2n) is 8.49. The molecule has 0 N–H and O–H groups in total. The van der Waals surface area contributed by atoms with Crippen LogP contribution in [0.25, 0.3) is 0 Å². The molecule has 0 radical (unpaired) electrons. The van der Waals surface area contributed by atoms with Crippen molar-refractivity contribution in [2.75, 3.05) is 23.2 Å². The Hall–Kier alpha value is -3.84. The van der Waals surface area contributed by atoms with Crippen molar-refractivity contribution in [3.05, 3.63) is 84.4 Å². The minimum Gasteiger partial charge on any atom is -0.490 e. The second-order valence-corrected chi connectivity index (χ2v) is 8.49. The van der Waals surface area contributed by atoms with Gasteiger partial charge in [-0.25, -0.2) is 9.96 Å². The lowest BCUT2D eigenvalue weighted by Gasteiger charge is -2.29. The lowest BCUT2D eigenvalue weighted by atomic mass is 9.90. The summed E-state index contributed by atoms with van der Waals surface area (Å²) in [4.78, 5) is 34.6. The molecule has 2 fully saturated rings. The van der Waals surface area contributed by atoms with Crippen LogP contribution in [0.4, 0.5) is 11.4 Å². The first kappa shape index (κ1) is 22.9. The number of carbonyl (C=O) groups excluding carboxylic acids is 2. The molecule has 2 aliphatic rings. The number of carbonyl (C=O) groups is 2. The molecule has 35 heavy (non-hydrogen) atoms. The van der Waals surface area contributed by atoms with Crippen molar-refractivity contribution >= 4 is 23.2 Å². The minimum atomic E-state index is -0.917. The number of amides is 2. The van der Waals surface area contributed by atoms with E-state index < -0.39 is 18.1 Å². The van der Waals surface area contributed by atoms with E-state index in [-0.39, 0.29) is 11.8 Å². The summed E-state index contributed by atoms with van der Waals surface area (Å²) in [7, 11) is 0. The van der Waals surface area contributed by atoms with Crippen LogP contribution >= 0.6 is 0 Å². The van der Waals surface area contributed by atoms with E-state index in [0.717, 1.165) is 17.7 Å². The molecule has 2 amide bonds. The van der Waals surface area contributed by atoms with Gasteiger partial charge in [0.05, 0.1) is 30.6 Å². The van der Waals surface area contributed by atoms with Gasteiger partial charge in [-0.15, -0.1) is 0 Å². The molecule has 0 bridgehead atoms. The van der Waals surface area contributed by atoms with E-state index in [4.69, 9.17) is 14.3 Å². The van der Waals surface area contributed by atoms with Crippen LogP contribution in [0.1, 0.15) is 31.9 Å². The van der Waals surface area contributed by atoms with Crippen LogP contribution in [-0.2, 0) is 14.4 Å². The lowest BCUT2D eigenvalue weighted by molar-refractivity contribution is -0.126. The Labute approximate surface area is 204 Å². The molecule has 2 aliphatic heterocycles. The quantitative estimate of drug-likeness (QED) is 0.433. The first-order chi connectivity index (χ1) is 17.1. The van der Waals surface area contributed by atoms with E-state index >= 15 is 0 Å². The van der Waals surface area contributed by atoms with Crippen molar-refractivity contribution in [2.24, 2.45) is 5.92 Å². The summed E-state index contributed by atoms with van der Waals surface area (Å²) in [5.41, 5.74) is 2.12. The number of hydrogen-bond donors (Lipinski definition) is 0. The largest absolute Gasteiger partial charge is 0.490 e. The third-order valence-electron chi connectivity index (χ3n) is 6.21. The average molecular weight is 473 g/mol. The molecule has 0 saturated carbocycles. The van der Waals surface area contributed by atoms with Crippen LogP contribution in [0.3, 0.4) is 0 Å². The Kier molecular flexibility index (Phi) is 6.42. The number of hydroxylamine groups is 1. The zero-order chi connectivity index (χ0) is 24.4. The van der Waals surface area contributed by atoms with Crippen LogP contribution in [-0.4, -0.2) is 31.1 Å². The number of benzene rings is 3. The van der Waals surface area contributed by atoms with Crippen molar-refractivity contribution < 1.29 is 23.9 Å². The summed E-state index contributed by atoms with van der Waals surface area (Å²) in [6, 6.07) is 23.7. The normalized spacial score (nSPS) is 21.4. The SMILES string of the molecule is CCCOc1ccc([C@@H]2[C@@H]3C(=O)N(c4ccccc4)C(=O)[C@@H]3ON2c2ccccc2)cc1OCC. The molecule has 2 saturated heterocycles. The van der Waals surface area contributed by atoms with Gasteiger partial charge in [0.15, 0.2) is 17.6 Å². The van der Waals surface area contributed by atoms with Gasteiger partial charge in [-0.3, -0.25) is 14.4 Å². The summed E-state index contributed by atoms with van der Waals surface area (Å²) in [5.74, 6) is -0.0909. The predicted molar refractivity (Wildman–Crippen MR) is 132 cm³/mol. The third kappa shape index (κ3) is 4.12. The molecule has 7 heteroatoms. The van der Waals surface area contributed by atoms with Gasteiger partial charge in [0.25, 0.3) is 5.91 Å². The molecule has 2 heterocycles. The van der Waals surface area contributed by atoms with Gasteiger partial charge in [0.2, 0.25) is 5.91 Å². The molecule has 7 nitrogen and oxygen atoms in total. The van der Waals surface area contributed by atoms with E-state index in [1.165, 1.54) is 4.90 Å². The number of anilines is 2. The number of para-hydroxylation sites is 2. The summed E-state index contributed by atoms with van der Waals surface area (Å²) >= 11 is 0. The van der Waals surface area contributed by atoms with Crippen molar-refractivity contribution in [1.29, 1.82) is 0 Å². The van der Waals surface area contributed by atoms with Crippen LogP contribution in [0.5, 0.6) is 11.5 Å². The molecule has 0 spiro atoms. The van der Waals surface area contributed by atoms with E-state index in [1.807, 2.05) is 80.6 Å². The number of hydrogen-bond acceptors (Lipinski definition) is 6. The Morgan fingerprint density at radius 3 is 2.14 bits per heavy atom. The van der Waals surface area contributed by atoms with Crippen LogP contribution in [0, 0.1) is 5.92 Å². The van der Waals surface area contributed by atoms with Gasteiger partial charge < -0.3 is 9.47 Å². The maximum Gasteiger partial charge on any atom is 0.266 e. The first-order valence-electron chi connectivity index (χ1n) is 12.0. The Balaban J connectivity index is 1.57. The van der Waals surface area contributed by atoms with E-state index in [1.54, 1.807) is 17.2 Å². The molecule has 3 aromatic rings. The maximum absolute atomic E-state index is 13.7. The standard InChI is InChI=1S/C28H28N2O5/c1-3-17-34-22-16-15-19(18-23(22)33-4-2)25-24-26(35-30(25)21-13-9-6-10-14-21)28(32)29(27(24)31)20-11-7-5-8-12-20/h5-16,18,24-26H,3-4,17H2,1-2H3/t24-,25+,26+/m0/s1. The van der Waals surface area contributed by atoms with Crippen molar-refractivity contribution in [2.45, 2.75) is 32.4 Å². The molecule has 180 valence electrons. The molecule has 3 aromatic carbocycles. The highest BCUT2D eigenvalue weighted by molar-refractivity contribution is 6.23. The molecular weight excluding hydrogens is 444 g/mol. The summed E-state index contributed by atoms with van der Waals surface area (Å²) < 4.78 is 11.7. The van der Waals surface area contributed by atoms with Crippen molar-refractivity contribution in [3.63, 3.8) is 0 Å². The number of ether oxygens (including phenoxy) is 2. The highest BCUT2D eigenvalue weighted by atomic mass is 16.7. The molecule has 0 aromatic heterocycles. The molecule has 5 rings (SSSR count). The van der Waals surface area contributed by atoms with Gasteiger partial charge >= 0.3 is 0 Å². The average Bonchev–Trinajstić information content (AvgIpc) is 3.40. The molecular formula is C28H28N2O5. The zero-order valence-electron chi connectivity index (χ0n) is 19.8. The molecule has 0 unspecified atom stereocenters. The monoisotopic (exact) mass is 472 g/mol. The van der Waals surface area contributed by atoms with E-state index in [9.17, 15) is 9.59 Å². The molecule has 0 aliphatic carbocycles. The zero-order valence-corrected chi connectivity index (χ0v) is 19.8. The fourth-order valence-electron chi connectivity index (χ4n) is 4.69. The Morgan fingerprint density at radius 2 is 1.49 bits per heavy atom. The number of rotatable bonds is 8. The first-order valence-corrected chi connectivity index (χ1v) is 12.0. The van der Waals surface area contributed by atoms with Gasteiger partial charge in [-0.2, -0.15) is 0 Å². The number of fused-ring (bicyclic) bond motifs is 1. The topological polar surface area (TPSA) is 68.3 Å². The fourth-order valence-corrected chi connectivity index (χ4v) is 4.69. The maximum atomic E-state index is 13.7.